The van der Waals surface area contributed by atoms with Gasteiger partial charge >= 0.3 is 0 Å². The first kappa shape index (κ1) is 11.9. The number of nitrogen functional groups attached to an aromatic ring is 1. The number of nitrogens with zero attached hydrogens (tertiary/aromatic N) is 3. The lowest BCUT2D eigenvalue weighted by atomic mass is 10.3. The normalized spacial score (nSPS) is 11.0. The molecule has 96 valence electrons. The number of pyridine rings is 1. The zero-order chi connectivity index (χ0) is 13.4. The van der Waals surface area contributed by atoms with Gasteiger partial charge in [0.1, 0.15) is 10.6 Å². The van der Waals surface area contributed by atoms with Gasteiger partial charge in [-0.1, -0.05) is 0 Å². The largest absolute Gasteiger partial charge is 0.383 e. The van der Waals surface area contributed by atoms with Crippen LogP contribution in [0, 0.1) is 6.92 Å². The van der Waals surface area contributed by atoms with E-state index in [0.29, 0.717) is 18.2 Å². The molecule has 0 spiro atoms. The van der Waals surface area contributed by atoms with Crippen LogP contribution in [0.3, 0.4) is 0 Å². The average molecular weight is 272 g/mol. The second kappa shape index (κ2) is 4.47. The highest BCUT2D eigenvalue weighted by Gasteiger charge is 2.07. The Balaban J connectivity index is 2.03. The first-order valence-electron chi connectivity index (χ1n) is 5.80. The summed E-state index contributed by atoms with van der Waals surface area (Å²) >= 11 is 1.51. The van der Waals surface area contributed by atoms with Gasteiger partial charge in [0, 0.05) is 12.3 Å². The van der Waals surface area contributed by atoms with E-state index >= 15 is 0 Å². The minimum Gasteiger partial charge on any atom is -0.383 e. The second-order valence-corrected chi connectivity index (χ2v) is 5.23. The van der Waals surface area contributed by atoms with E-state index in [2.05, 4.69) is 9.97 Å². The Morgan fingerprint density at radius 3 is 3.00 bits per heavy atom. The summed E-state index contributed by atoms with van der Waals surface area (Å²) in [6, 6.07) is 5.37. The molecule has 5 nitrogen and oxygen atoms in total. The molecule has 0 radical (unpaired) electrons. The Labute approximate surface area is 113 Å². The number of rotatable bonds is 2. The predicted molar refractivity (Wildman–Crippen MR) is 76.4 cm³/mol. The monoisotopic (exact) mass is 272 g/mol. The van der Waals surface area contributed by atoms with Gasteiger partial charge in [-0.15, -0.1) is 11.3 Å². The van der Waals surface area contributed by atoms with Crippen LogP contribution >= 0.6 is 11.3 Å². The Kier molecular flexibility index (Phi) is 2.79. The summed E-state index contributed by atoms with van der Waals surface area (Å²) in [5.74, 6) is 1.01. The molecule has 3 aromatic heterocycles. The highest BCUT2D eigenvalue weighted by molar-refractivity contribution is 7.16. The fraction of sp³-hybridized carbons (Fsp3) is 0.154. The van der Waals surface area contributed by atoms with Crippen LogP contribution in [0.1, 0.15) is 11.4 Å². The number of aryl methyl sites for hydroxylation is 1. The lowest BCUT2D eigenvalue weighted by Gasteiger charge is -2.06. The molecule has 3 rings (SSSR count). The van der Waals surface area contributed by atoms with Crippen molar-refractivity contribution < 1.29 is 0 Å². The molecule has 0 fully saturated rings. The van der Waals surface area contributed by atoms with Gasteiger partial charge in [0.2, 0.25) is 0 Å². The van der Waals surface area contributed by atoms with Crippen molar-refractivity contribution in [2.24, 2.45) is 0 Å². The highest BCUT2D eigenvalue weighted by Crippen LogP contribution is 2.22. The van der Waals surface area contributed by atoms with Crippen LogP contribution in [0.15, 0.2) is 34.6 Å². The van der Waals surface area contributed by atoms with Gasteiger partial charge < -0.3 is 10.3 Å². The van der Waals surface area contributed by atoms with Crippen molar-refractivity contribution in [3.8, 4) is 0 Å². The van der Waals surface area contributed by atoms with Gasteiger partial charge in [-0.05, 0) is 30.0 Å². The molecule has 0 unspecified atom stereocenters. The summed E-state index contributed by atoms with van der Waals surface area (Å²) < 4.78 is 1.57. The molecule has 0 aliphatic heterocycles. The molecule has 0 aliphatic carbocycles. The number of nitrogens with two attached hydrogens (primary N) is 1. The molecule has 0 saturated heterocycles. The van der Waals surface area contributed by atoms with E-state index in [0.717, 1.165) is 15.8 Å². The molecule has 0 aromatic carbocycles. The third-order valence-electron chi connectivity index (χ3n) is 2.86. The van der Waals surface area contributed by atoms with Crippen LogP contribution in [-0.4, -0.2) is 14.5 Å². The van der Waals surface area contributed by atoms with E-state index in [1.807, 2.05) is 24.4 Å². The molecule has 0 amide bonds. The van der Waals surface area contributed by atoms with E-state index in [1.54, 1.807) is 16.8 Å². The van der Waals surface area contributed by atoms with Gasteiger partial charge in [0.25, 0.3) is 5.56 Å². The third kappa shape index (κ3) is 2.22. The molecule has 19 heavy (non-hydrogen) atoms. The summed E-state index contributed by atoms with van der Waals surface area (Å²) in [5.41, 5.74) is 6.76. The SMILES string of the molecule is Cc1ccn(Cc2nc(N)c3ccsc3n2)c(=O)c1. The Bertz CT molecular complexity index is 806. The molecule has 6 heteroatoms. The van der Waals surface area contributed by atoms with Gasteiger partial charge in [-0.3, -0.25) is 4.79 Å². The lowest BCUT2D eigenvalue weighted by molar-refractivity contribution is 0.719. The molecule has 0 bridgehead atoms. The van der Waals surface area contributed by atoms with Crippen LogP contribution in [0.25, 0.3) is 10.2 Å². The summed E-state index contributed by atoms with van der Waals surface area (Å²) in [5, 5.41) is 2.79. The van der Waals surface area contributed by atoms with Crippen LogP contribution in [0.5, 0.6) is 0 Å². The zero-order valence-electron chi connectivity index (χ0n) is 10.3. The minimum atomic E-state index is -0.0616. The van der Waals surface area contributed by atoms with Gasteiger partial charge in [0.15, 0.2) is 5.82 Å². The van der Waals surface area contributed by atoms with Crippen LogP contribution in [0.2, 0.25) is 0 Å². The van der Waals surface area contributed by atoms with Crippen molar-refractivity contribution in [1.82, 2.24) is 14.5 Å². The van der Waals surface area contributed by atoms with Crippen molar-refractivity contribution in [2.75, 3.05) is 5.73 Å². The Morgan fingerprint density at radius 2 is 2.21 bits per heavy atom. The predicted octanol–water partition coefficient (Wildman–Crippen LogP) is 1.79. The maximum atomic E-state index is 11.8. The quantitative estimate of drug-likeness (QED) is 0.772. The van der Waals surface area contributed by atoms with Crippen molar-refractivity contribution in [1.29, 1.82) is 0 Å². The summed E-state index contributed by atoms with van der Waals surface area (Å²) in [6.07, 6.45) is 1.75. The molecule has 3 heterocycles. The molecular weight excluding hydrogens is 260 g/mol. The smallest absolute Gasteiger partial charge is 0.251 e. The molecular formula is C13H12N4OS. The van der Waals surface area contributed by atoms with E-state index < -0.39 is 0 Å². The maximum Gasteiger partial charge on any atom is 0.251 e. The number of hydrogen-bond acceptors (Lipinski definition) is 5. The fourth-order valence-electron chi connectivity index (χ4n) is 1.88. The minimum absolute atomic E-state index is 0.0616. The van der Waals surface area contributed by atoms with Crippen molar-refractivity contribution in [2.45, 2.75) is 13.5 Å². The van der Waals surface area contributed by atoms with Gasteiger partial charge in [0.05, 0.1) is 11.9 Å². The summed E-state index contributed by atoms with van der Waals surface area (Å²) in [7, 11) is 0. The fourth-order valence-corrected chi connectivity index (χ4v) is 2.68. The third-order valence-corrected chi connectivity index (χ3v) is 3.67. The summed E-state index contributed by atoms with van der Waals surface area (Å²) in [6.45, 7) is 2.22. The van der Waals surface area contributed by atoms with E-state index in [1.165, 1.54) is 11.3 Å². The average Bonchev–Trinajstić information content (AvgIpc) is 2.81. The molecule has 3 aromatic rings. The molecule has 2 N–H and O–H groups in total. The standard InChI is InChI=1S/C13H12N4OS/c1-8-2-4-17(11(18)6-8)7-10-15-12(14)9-3-5-19-13(9)16-10/h2-6H,7H2,1H3,(H2,14,15,16). The van der Waals surface area contributed by atoms with Crippen LogP contribution < -0.4 is 11.3 Å². The number of thiophene rings is 1. The number of aromatic nitrogens is 3. The van der Waals surface area contributed by atoms with Crippen molar-refractivity contribution in [3.05, 3.63) is 51.5 Å². The highest BCUT2D eigenvalue weighted by atomic mass is 32.1. The van der Waals surface area contributed by atoms with Crippen LogP contribution in [0.4, 0.5) is 5.82 Å². The molecule has 0 saturated carbocycles. The second-order valence-electron chi connectivity index (χ2n) is 4.33. The maximum absolute atomic E-state index is 11.8. The summed E-state index contributed by atoms with van der Waals surface area (Å²) in [4.78, 5) is 21.3. The lowest BCUT2D eigenvalue weighted by Crippen LogP contribution is -2.20. The van der Waals surface area contributed by atoms with Crippen molar-refractivity contribution >= 4 is 27.4 Å². The van der Waals surface area contributed by atoms with E-state index in [4.69, 9.17) is 5.73 Å². The Hall–Kier alpha value is -2.21. The Morgan fingerprint density at radius 1 is 1.37 bits per heavy atom. The first-order chi connectivity index (χ1) is 9.13. The van der Waals surface area contributed by atoms with Crippen molar-refractivity contribution in [3.63, 3.8) is 0 Å². The molecule has 0 aliphatic rings. The van der Waals surface area contributed by atoms with Crippen LogP contribution in [-0.2, 0) is 6.54 Å². The van der Waals surface area contributed by atoms with E-state index in [-0.39, 0.29) is 5.56 Å². The number of anilines is 1. The topological polar surface area (TPSA) is 73.8 Å². The zero-order valence-corrected chi connectivity index (χ0v) is 11.1. The first-order valence-corrected chi connectivity index (χ1v) is 6.68. The molecule has 0 atom stereocenters. The number of hydrogen-bond donors (Lipinski definition) is 1. The number of fused-ring (bicyclic) bond motifs is 1. The van der Waals surface area contributed by atoms with Gasteiger partial charge in [-0.25, -0.2) is 9.97 Å². The van der Waals surface area contributed by atoms with Gasteiger partial charge in [-0.2, -0.15) is 0 Å². The van der Waals surface area contributed by atoms with E-state index in [9.17, 15) is 4.79 Å².